The summed E-state index contributed by atoms with van der Waals surface area (Å²) >= 11 is 0. The third kappa shape index (κ3) is 4.59. The van der Waals surface area contributed by atoms with Gasteiger partial charge in [-0.2, -0.15) is 0 Å². The third-order valence-corrected chi connectivity index (χ3v) is 4.09. The van der Waals surface area contributed by atoms with E-state index in [1.54, 1.807) is 26.0 Å². The van der Waals surface area contributed by atoms with Crippen molar-refractivity contribution >= 4 is 22.8 Å². The van der Waals surface area contributed by atoms with Gasteiger partial charge < -0.3 is 19.6 Å². The van der Waals surface area contributed by atoms with Gasteiger partial charge in [-0.25, -0.2) is 9.59 Å². The first-order valence-corrected chi connectivity index (χ1v) is 8.01. The van der Waals surface area contributed by atoms with Gasteiger partial charge in [0.15, 0.2) is 6.61 Å². The molecule has 0 spiro atoms. The summed E-state index contributed by atoms with van der Waals surface area (Å²) < 4.78 is 10.5. The Morgan fingerprint density at radius 3 is 2.68 bits per heavy atom. The van der Waals surface area contributed by atoms with Gasteiger partial charge in [-0.05, 0) is 30.5 Å². The molecule has 2 atom stereocenters. The van der Waals surface area contributed by atoms with Gasteiger partial charge in [-0.1, -0.05) is 20.3 Å². The molecule has 25 heavy (non-hydrogen) atoms. The lowest BCUT2D eigenvalue weighted by Crippen LogP contribution is -2.46. The summed E-state index contributed by atoms with van der Waals surface area (Å²) in [5.41, 5.74) is 0.692. The van der Waals surface area contributed by atoms with Crippen LogP contribution in [0.3, 0.4) is 0 Å². The van der Waals surface area contributed by atoms with Crippen LogP contribution in [0.4, 0.5) is 0 Å². The number of carbonyl (C=O) groups is 2. The van der Waals surface area contributed by atoms with E-state index in [9.17, 15) is 19.5 Å². The fourth-order valence-corrected chi connectivity index (χ4v) is 2.44. The number of hydrogen-bond donors (Lipinski definition) is 2. The van der Waals surface area contributed by atoms with Crippen molar-refractivity contribution in [1.29, 1.82) is 0 Å². The molecule has 134 valence electrons. The highest BCUT2D eigenvalue weighted by Gasteiger charge is 2.25. The van der Waals surface area contributed by atoms with E-state index in [1.165, 1.54) is 12.1 Å². The van der Waals surface area contributed by atoms with Gasteiger partial charge in [0.05, 0.1) is 0 Å². The van der Waals surface area contributed by atoms with E-state index in [0.717, 1.165) is 10.9 Å². The normalized spacial score (nSPS) is 13.2. The van der Waals surface area contributed by atoms with Crippen LogP contribution in [0.2, 0.25) is 0 Å². The fourth-order valence-electron chi connectivity index (χ4n) is 2.44. The van der Waals surface area contributed by atoms with Crippen molar-refractivity contribution in [2.75, 3.05) is 6.61 Å². The maximum absolute atomic E-state index is 12.0. The Morgan fingerprint density at radius 2 is 2.04 bits per heavy atom. The molecule has 0 aliphatic heterocycles. The Morgan fingerprint density at radius 1 is 1.32 bits per heavy atom. The third-order valence-electron chi connectivity index (χ3n) is 4.09. The molecule has 0 saturated heterocycles. The van der Waals surface area contributed by atoms with Crippen LogP contribution in [-0.2, 0) is 9.59 Å². The summed E-state index contributed by atoms with van der Waals surface area (Å²) in [6.45, 7) is 5.08. The molecule has 7 nitrogen and oxygen atoms in total. The molecular weight excluding hydrogens is 326 g/mol. The SMILES string of the molecule is CC[C@H](C)[C@@H](NC(=O)COc1ccc2c(C)cc(=O)oc2c1)C(=O)O. The van der Waals surface area contributed by atoms with E-state index < -0.39 is 23.5 Å². The van der Waals surface area contributed by atoms with Crippen molar-refractivity contribution in [2.45, 2.75) is 33.2 Å². The topological polar surface area (TPSA) is 106 Å². The number of fused-ring (bicyclic) bond motifs is 1. The Bertz CT molecular complexity index is 841. The summed E-state index contributed by atoms with van der Waals surface area (Å²) in [7, 11) is 0. The molecular formula is C18H21NO6. The maximum Gasteiger partial charge on any atom is 0.336 e. The summed E-state index contributed by atoms with van der Waals surface area (Å²) in [5.74, 6) is -1.45. The van der Waals surface area contributed by atoms with Crippen LogP contribution >= 0.6 is 0 Å². The number of nitrogens with one attached hydrogen (secondary N) is 1. The fraction of sp³-hybridized carbons (Fsp3) is 0.389. The second-order valence-electron chi connectivity index (χ2n) is 5.96. The number of aliphatic carboxylic acids is 1. The van der Waals surface area contributed by atoms with Crippen LogP contribution in [0.5, 0.6) is 5.75 Å². The van der Waals surface area contributed by atoms with E-state index in [0.29, 0.717) is 17.8 Å². The second-order valence-corrected chi connectivity index (χ2v) is 5.96. The van der Waals surface area contributed by atoms with E-state index in [4.69, 9.17) is 9.15 Å². The van der Waals surface area contributed by atoms with Crippen LogP contribution in [0, 0.1) is 12.8 Å². The largest absolute Gasteiger partial charge is 0.484 e. The molecule has 2 N–H and O–H groups in total. The van der Waals surface area contributed by atoms with Crippen molar-refractivity contribution in [3.8, 4) is 5.75 Å². The van der Waals surface area contributed by atoms with Crippen molar-refractivity contribution in [2.24, 2.45) is 5.92 Å². The Kier molecular flexibility index (Phi) is 5.80. The Balaban J connectivity index is 2.05. The molecule has 1 amide bonds. The van der Waals surface area contributed by atoms with E-state index in [1.807, 2.05) is 6.92 Å². The van der Waals surface area contributed by atoms with Gasteiger partial charge in [0.1, 0.15) is 17.4 Å². The summed E-state index contributed by atoms with van der Waals surface area (Å²) in [5, 5.41) is 12.4. The number of hydrogen-bond acceptors (Lipinski definition) is 5. The van der Waals surface area contributed by atoms with Crippen LogP contribution in [0.25, 0.3) is 11.0 Å². The zero-order chi connectivity index (χ0) is 18.6. The molecule has 0 saturated carbocycles. The number of rotatable bonds is 7. The first-order valence-electron chi connectivity index (χ1n) is 8.01. The van der Waals surface area contributed by atoms with Gasteiger partial charge in [-0.3, -0.25) is 4.79 Å². The summed E-state index contributed by atoms with van der Waals surface area (Å²) in [6, 6.07) is 5.36. The minimum absolute atomic E-state index is 0.195. The lowest BCUT2D eigenvalue weighted by Gasteiger charge is -2.20. The summed E-state index contributed by atoms with van der Waals surface area (Å²) in [6.07, 6.45) is 0.626. The molecule has 0 aliphatic carbocycles. The first-order chi connectivity index (χ1) is 11.8. The lowest BCUT2D eigenvalue weighted by molar-refractivity contribution is -0.143. The molecule has 0 radical (unpaired) electrons. The van der Waals surface area contributed by atoms with Crippen LogP contribution in [-0.4, -0.2) is 29.6 Å². The highest BCUT2D eigenvalue weighted by Crippen LogP contribution is 2.22. The molecule has 1 aromatic heterocycles. The van der Waals surface area contributed by atoms with Gasteiger partial charge in [0.2, 0.25) is 0 Å². The molecule has 0 unspecified atom stereocenters. The first kappa shape index (κ1) is 18.5. The average Bonchev–Trinajstić information content (AvgIpc) is 2.56. The molecule has 1 heterocycles. The molecule has 1 aromatic carbocycles. The predicted molar refractivity (Wildman–Crippen MR) is 91.7 cm³/mol. The zero-order valence-corrected chi connectivity index (χ0v) is 14.4. The highest BCUT2D eigenvalue weighted by atomic mass is 16.5. The van der Waals surface area contributed by atoms with E-state index in [-0.39, 0.29) is 12.5 Å². The minimum Gasteiger partial charge on any atom is -0.484 e. The number of aryl methyl sites for hydroxylation is 1. The van der Waals surface area contributed by atoms with Crippen LogP contribution in [0.15, 0.2) is 33.5 Å². The molecule has 0 bridgehead atoms. The van der Waals surface area contributed by atoms with Crippen LogP contribution in [0.1, 0.15) is 25.8 Å². The zero-order valence-electron chi connectivity index (χ0n) is 14.4. The standard InChI is InChI=1S/C18H21NO6/c1-4-10(2)17(18(22)23)19-15(20)9-24-12-5-6-13-11(3)7-16(21)25-14(13)8-12/h5-8,10,17H,4,9H2,1-3H3,(H,19,20)(H,22,23)/t10-,17+/m0/s1. The van der Waals surface area contributed by atoms with Crippen molar-refractivity contribution in [3.63, 3.8) is 0 Å². The Labute approximate surface area is 144 Å². The maximum atomic E-state index is 12.0. The number of amides is 1. The summed E-state index contributed by atoms with van der Waals surface area (Å²) in [4.78, 5) is 34.6. The van der Waals surface area contributed by atoms with Gasteiger partial charge in [0.25, 0.3) is 5.91 Å². The van der Waals surface area contributed by atoms with Crippen molar-refractivity contribution in [1.82, 2.24) is 5.32 Å². The number of carbonyl (C=O) groups excluding carboxylic acids is 1. The quantitative estimate of drug-likeness (QED) is 0.743. The smallest absolute Gasteiger partial charge is 0.336 e. The molecule has 2 aromatic rings. The molecule has 0 fully saturated rings. The Hall–Kier alpha value is -2.83. The molecule has 2 rings (SSSR count). The average molecular weight is 347 g/mol. The van der Waals surface area contributed by atoms with Crippen molar-refractivity contribution in [3.05, 3.63) is 40.2 Å². The van der Waals surface area contributed by atoms with Gasteiger partial charge in [0, 0.05) is 17.5 Å². The number of benzene rings is 1. The van der Waals surface area contributed by atoms with Gasteiger partial charge in [-0.15, -0.1) is 0 Å². The molecule has 7 heteroatoms. The van der Waals surface area contributed by atoms with E-state index in [2.05, 4.69) is 5.32 Å². The number of carboxylic acid groups (broad SMARTS) is 1. The lowest BCUT2D eigenvalue weighted by atomic mass is 9.99. The van der Waals surface area contributed by atoms with Crippen LogP contribution < -0.4 is 15.7 Å². The second kappa shape index (κ2) is 7.83. The number of carboxylic acids is 1. The van der Waals surface area contributed by atoms with E-state index >= 15 is 0 Å². The van der Waals surface area contributed by atoms with Crippen molar-refractivity contribution < 1.29 is 23.8 Å². The highest BCUT2D eigenvalue weighted by molar-refractivity contribution is 5.85. The van der Waals surface area contributed by atoms with Gasteiger partial charge >= 0.3 is 11.6 Å². The predicted octanol–water partition coefficient (Wildman–Crippen LogP) is 2.10. The minimum atomic E-state index is -1.08. The number of ether oxygens (including phenoxy) is 1. The molecule has 0 aliphatic rings. The monoisotopic (exact) mass is 347 g/mol.